The number of hydrogen-bond acceptors (Lipinski definition) is 3. The fourth-order valence-corrected chi connectivity index (χ4v) is 2.52. The quantitative estimate of drug-likeness (QED) is 0.703. The fourth-order valence-electron chi connectivity index (χ4n) is 1.50. The zero-order valence-corrected chi connectivity index (χ0v) is 12.5. The summed E-state index contributed by atoms with van der Waals surface area (Å²) >= 11 is 1.84. The van der Waals surface area contributed by atoms with Crippen LogP contribution >= 0.6 is 11.8 Å². The number of aliphatic hydroxyl groups is 1. The summed E-state index contributed by atoms with van der Waals surface area (Å²) in [7, 11) is 0. The topological polar surface area (TPSA) is 61.4 Å². The largest absolute Gasteiger partial charge is 0.395 e. The van der Waals surface area contributed by atoms with Crippen molar-refractivity contribution < 1.29 is 9.90 Å². The van der Waals surface area contributed by atoms with Crippen LogP contribution in [0.2, 0.25) is 0 Å². The summed E-state index contributed by atoms with van der Waals surface area (Å²) in [6.07, 6.45) is 1.13. The molecule has 2 amide bonds. The number of carbonyl (C=O) groups is 1. The predicted molar refractivity (Wildman–Crippen MR) is 80.9 cm³/mol. The average Bonchev–Trinajstić information content (AvgIpc) is 2.39. The summed E-state index contributed by atoms with van der Waals surface area (Å²) in [6, 6.07) is 5.72. The summed E-state index contributed by atoms with van der Waals surface area (Å²) in [4.78, 5) is 12.7. The second-order valence-electron chi connectivity index (χ2n) is 4.42. The lowest BCUT2D eigenvalue weighted by molar-refractivity contribution is 0.245. The lowest BCUT2D eigenvalue weighted by Crippen LogP contribution is -2.31. The van der Waals surface area contributed by atoms with Gasteiger partial charge in [0, 0.05) is 22.4 Å². The number of aryl methyl sites for hydroxylation is 1. The van der Waals surface area contributed by atoms with Crippen LogP contribution in [0.3, 0.4) is 0 Å². The molecule has 0 aliphatic heterocycles. The first-order valence-corrected chi connectivity index (χ1v) is 7.37. The molecule has 106 valence electrons. The van der Waals surface area contributed by atoms with Gasteiger partial charge in [0.2, 0.25) is 0 Å². The molecule has 0 aromatic heterocycles. The molecule has 0 fully saturated rings. The van der Waals surface area contributed by atoms with Gasteiger partial charge in [-0.05, 0) is 37.1 Å². The Balaban J connectivity index is 2.64. The van der Waals surface area contributed by atoms with E-state index in [0.717, 1.165) is 17.7 Å². The molecule has 19 heavy (non-hydrogen) atoms. The molecule has 0 heterocycles. The number of thioether (sulfide) groups is 1. The number of urea groups is 1. The molecule has 3 N–H and O–H groups in total. The number of benzene rings is 1. The van der Waals surface area contributed by atoms with Crippen LogP contribution in [-0.2, 0) is 0 Å². The highest BCUT2D eigenvalue weighted by atomic mass is 32.2. The van der Waals surface area contributed by atoms with E-state index in [1.807, 2.05) is 30.8 Å². The molecule has 1 rings (SSSR count). The molecule has 0 aliphatic carbocycles. The Morgan fingerprint density at radius 2 is 2.21 bits per heavy atom. The maximum Gasteiger partial charge on any atom is 0.319 e. The van der Waals surface area contributed by atoms with Crippen molar-refractivity contribution in [1.29, 1.82) is 0 Å². The Morgan fingerprint density at radius 3 is 2.79 bits per heavy atom. The predicted octanol–water partition coefficient (Wildman–Crippen LogP) is 3.00. The van der Waals surface area contributed by atoms with Gasteiger partial charge in [0.05, 0.1) is 6.61 Å². The van der Waals surface area contributed by atoms with Crippen LogP contribution in [0.25, 0.3) is 0 Å². The van der Waals surface area contributed by atoms with E-state index < -0.39 is 0 Å². The lowest BCUT2D eigenvalue weighted by Gasteiger charge is -2.12. The van der Waals surface area contributed by atoms with Crippen molar-refractivity contribution in [2.75, 3.05) is 18.5 Å². The van der Waals surface area contributed by atoms with Crippen molar-refractivity contribution >= 4 is 23.5 Å². The van der Waals surface area contributed by atoms with Crippen molar-refractivity contribution in [2.45, 2.75) is 37.3 Å². The molecule has 0 saturated carbocycles. The molecule has 1 aromatic rings. The summed E-state index contributed by atoms with van der Waals surface area (Å²) in [5, 5.41) is 14.6. The van der Waals surface area contributed by atoms with Gasteiger partial charge in [-0.25, -0.2) is 4.79 Å². The molecule has 0 aliphatic rings. The molecule has 5 heteroatoms. The normalized spacial score (nSPS) is 12.0. The molecule has 1 atom stereocenters. The van der Waals surface area contributed by atoms with E-state index in [4.69, 9.17) is 5.11 Å². The molecule has 0 bridgehead atoms. The molecule has 0 saturated heterocycles. The minimum absolute atomic E-state index is 0.0586. The number of amides is 2. The van der Waals surface area contributed by atoms with Crippen molar-refractivity contribution in [1.82, 2.24) is 5.32 Å². The number of aliphatic hydroxyl groups excluding tert-OH is 1. The molecular formula is C14H22N2O2S. The Labute approximate surface area is 119 Å². The maximum absolute atomic E-state index is 11.5. The number of rotatable bonds is 6. The van der Waals surface area contributed by atoms with Gasteiger partial charge in [0.25, 0.3) is 0 Å². The van der Waals surface area contributed by atoms with Gasteiger partial charge in [-0.3, -0.25) is 0 Å². The van der Waals surface area contributed by atoms with Crippen molar-refractivity contribution in [3.05, 3.63) is 23.8 Å². The Kier molecular flexibility index (Phi) is 6.73. The van der Waals surface area contributed by atoms with Crippen LogP contribution in [-0.4, -0.2) is 29.5 Å². The molecule has 0 radical (unpaired) electrons. The second kappa shape index (κ2) is 8.07. The summed E-state index contributed by atoms with van der Waals surface area (Å²) in [5.74, 6) is 0. The van der Waals surface area contributed by atoms with Gasteiger partial charge in [0.15, 0.2) is 0 Å². The first kappa shape index (κ1) is 15.9. The highest BCUT2D eigenvalue weighted by molar-refractivity contribution is 7.99. The summed E-state index contributed by atoms with van der Waals surface area (Å²) in [5.41, 5.74) is 1.83. The van der Waals surface area contributed by atoms with E-state index in [9.17, 15) is 4.79 Å². The van der Waals surface area contributed by atoms with Gasteiger partial charge >= 0.3 is 6.03 Å². The van der Waals surface area contributed by atoms with E-state index in [-0.39, 0.29) is 19.2 Å². The SMILES string of the molecule is CCC(C)Sc1ccc(NC(=O)NCCO)c(C)c1. The number of carbonyl (C=O) groups excluding carboxylic acids is 1. The van der Waals surface area contributed by atoms with Crippen LogP contribution < -0.4 is 10.6 Å². The molecular weight excluding hydrogens is 260 g/mol. The summed E-state index contributed by atoms with van der Waals surface area (Å²) < 4.78 is 0. The van der Waals surface area contributed by atoms with E-state index in [1.165, 1.54) is 4.90 Å². The Morgan fingerprint density at radius 1 is 1.47 bits per heavy atom. The number of hydrogen-bond donors (Lipinski definition) is 3. The zero-order chi connectivity index (χ0) is 14.3. The van der Waals surface area contributed by atoms with Crippen molar-refractivity contribution in [2.24, 2.45) is 0 Å². The van der Waals surface area contributed by atoms with Crippen molar-refractivity contribution in [3.63, 3.8) is 0 Å². The minimum Gasteiger partial charge on any atom is -0.395 e. The van der Waals surface area contributed by atoms with Gasteiger partial charge in [-0.2, -0.15) is 0 Å². The number of nitrogens with one attached hydrogen (secondary N) is 2. The monoisotopic (exact) mass is 282 g/mol. The third kappa shape index (κ3) is 5.53. The maximum atomic E-state index is 11.5. The number of anilines is 1. The smallest absolute Gasteiger partial charge is 0.319 e. The van der Waals surface area contributed by atoms with Crippen molar-refractivity contribution in [3.8, 4) is 0 Å². The highest BCUT2D eigenvalue weighted by Crippen LogP contribution is 2.28. The van der Waals surface area contributed by atoms with E-state index >= 15 is 0 Å². The molecule has 4 nitrogen and oxygen atoms in total. The van der Waals surface area contributed by atoms with Crippen LogP contribution in [0, 0.1) is 6.92 Å². The van der Waals surface area contributed by atoms with E-state index in [1.54, 1.807) is 0 Å². The minimum atomic E-state index is -0.292. The standard InChI is InChI=1S/C14H22N2O2S/c1-4-11(3)19-12-5-6-13(10(2)9-12)16-14(18)15-7-8-17/h5-6,9,11,17H,4,7-8H2,1-3H3,(H2,15,16,18). The fraction of sp³-hybridized carbons (Fsp3) is 0.500. The molecule has 1 unspecified atom stereocenters. The van der Waals surface area contributed by atoms with Crippen LogP contribution in [0.4, 0.5) is 10.5 Å². The second-order valence-corrected chi connectivity index (χ2v) is 5.93. The highest BCUT2D eigenvalue weighted by Gasteiger charge is 2.06. The summed E-state index contributed by atoms with van der Waals surface area (Å²) in [6.45, 7) is 6.55. The van der Waals surface area contributed by atoms with E-state index in [0.29, 0.717) is 5.25 Å². The molecule has 1 aromatic carbocycles. The molecule has 0 spiro atoms. The van der Waals surface area contributed by atoms with Crippen LogP contribution in [0.1, 0.15) is 25.8 Å². The van der Waals surface area contributed by atoms with Crippen LogP contribution in [0.15, 0.2) is 23.1 Å². The first-order valence-electron chi connectivity index (χ1n) is 6.49. The first-order chi connectivity index (χ1) is 9.06. The third-order valence-corrected chi connectivity index (χ3v) is 4.02. The van der Waals surface area contributed by atoms with Gasteiger partial charge < -0.3 is 15.7 Å². The van der Waals surface area contributed by atoms with Gasteiger partial charge in [-0.1, -0.05) is 13.8 Å². The Bertz CT molecular complexity index is 424. The third-order valence-electron chi connectivity index (χ3n) is 2.76. The zero-order valence-electron chi connectivity index (χ0n) is 11.7. The average molecular weight is 282 g/mol. The Hall–Kier alpha value is -1.20. The lowest BCUT2D eigenvalue weighted by atomic mass is 10.2. The van der Waals surface area contributed by atoms with Gasteiger partial charge in [0.1, 0.15) is 0 Å². The van der Waals surface area contributed by atoms with Crippen LogP contribution in [0.5, 0.6) is 0 Å². The van der Waals surface area contributed by atoms with Gasteiger partial charge in [-0.15, -0.1) is 11.8 Å². The van der Waals surface area contributed by atoms with E-state index in [2.05, 4.69) is 30.5 Å².